The van der Waals surface area contributed by atoms with Crippen LogP contribution < -0.4 is 10.1 Å². The van der Waals surface area contributed by atoms with E-state index in [2.05, 4.69) is 5.32 Å². The van der Waals surface area contributed by atoms with E-state index in [1.54, 1.807) is 11.8 Å². The van der Waals surface area contributed by atoms with Gasteiger partial charge in [0.1, 0.15) is 5.75 Å². The van der Waals surface area contributed by atoms with Crippen LogP contribution in [-0.2, 0) is 4.79 Å². The maximum absolute atomic E-state index is 11.8. The van der Waals surface area contributed by atoms with Crippen LogP contribution in [0, 0.1) is 6.92 Å². The van der Waals surface area contributed by atoms with Crippen LogP contribution in [0.4, 0.5) is 0 Å². The highest BCUT2D eigenvalue weighted by Gasteiger charge is 2.17. The molecular weight excluding hydrogens is 274 g/mol. The van der Waals surface area contributed by atoms with Gasteiger partial charge in [0.2, 0.25) is 5.91 Å². The average molecular weight is 297 g/mol. The second-order valence-electron chi connectivity index (χ2n) is 4.72. The minimum absolute atomic E-state index is 0.0250. The number of rotatable bonds is 8. The van der Waals surface area contributed by atoms with E-state index in [1.807, 2.05) is 44.4 Å². The lowest BCUT2D eigenvalue weighted by atomic mass is 10.2. The summed E-state index contributed by atoms with van der Waals surface area (Å²) in [4.78, 5) is 11.8. The third kappa shape index (κ3) is 5.84. The summed E-state index contributed by atoms with van der Waals surface area (Å²) in [6.45, 7) is 4.32. The van der Waals surface area contributed by atoms with Crippen molar-refractivity contribution in [2.24, 2.45) is 0 Å². The number of hydrogen-bond donors (Lipinski definition) is 2. The Bertz CT molecular complexity index is 404. The number of thioether (sulfide) groups is 1. The van der Waals surface area contributed by atoms with Gasteiger partial charge in [-0.15, -0.1) is 0 Å². The molecule has 0 bridgehead atoms. The molecule has 0 aliphatic carbocycles. The largest absolute Gasteiger partial charge is 0.493 e. The van der Waals surface area contributed by atoms with Crippen molar-refractivity contribution in [2.45, 2.75) is 31.6 Å². The lowest BCUT2D eigenvalue weighted by Crippen LogP contribution is -2.41. The molecule has 2 N–H and O–H groups in total. The molecule has 0 aromatic heterocycles. The van der Waals surface area contributed by atoms with E-state index in [9.17, 15) is 4.79 Å². The zero-order valence-electron chi connectivity index (χ0n) is 12.3. The number of aryl methyl sites for hydroxylation is 1. The summed E-state index contributed by atoms with van der Waals surface area (Å²) in [5, 5.41) is 12.1. The third-order valence-corrected chi connectivity index (χ3v) is 4.21. The Balaban J connectivity index is 2.27. The molecule has 1 rings (SSSR count). The molecule has 4 nitrogen and oxygen atoms in total. The Morgan fingerprint density at radius 3 is 2.60 bits per heavy atom. The molecule has 1 aromatic carbocycles. The predicted molar refractivity (Wildman–Crippen MR) is 83.3 cm³/mol. The molecule has 0 aliphatic rings. The van der Waals surface area contributed by atoms with Crippen LogP contribution in [0.1, 0.15) is 18.9 Å². The molecule has 0 spiro atoms. The Morgan fingerprint density at radius 2 is 2.05 bits per heavy atom. The van der Waals surface area contributed by atoms with Crippen LogP contribution in [0.5, 0.6) is 5.75 Å². The number of benzene rings is 1. The number of aliphatic hydroxyl groups excluding tert-OH is 1. The minimum atomic E-state index is -0.0582. The van der Waals surface area contributed by atoms with Gasteiger partial charge in [-0.1, -0.05) is 17.7 Å². The summed E-state index contributed by atoms with van der Waals surface area (Å²) in [6, 6.07) is 7.68. The number of carbonyl (C=O) groups is 1. The Hall–Kier alpha value is -1.20. The van der Waals surface area contributed by atoms with Gasteiger partial charge >= 0.3 is 0 Å². The van der Waals surface area contributed by atoms with Crippen LogP contribution in [0.15, 0.2) is 24.3 Å². The van der Waals surface area contributed by atoms with Crippen molar-refractivity contribution in [3.63, 3.8) is 0 Å². The molecule has 5 heteroatoms. The van der Waals surface area contributed by atoms with Gasteiger partial charge in [0.25, 0.3) is 0 Å². The Morgan fingerprint density at radius 1 is 1.40 bits per heavy atom. The zero-order valence-corrected chi connectivity index (χ0v) is 13.1. The number of nitrogens with one attached hydrogen (secondary N) is 1. The highest BCUT2D eigenvalue weighted by Crippen LogP contribution is 2.12. The normalized spacial score (nSPS) is 13.6. The van der Waals surface area contributed by atoms with Gasteiger partial charge in [-0.05, 0) is 32.2 Å². The van der Waals surface area contributed by atoms with Crippen LogP contribution in [0.2, 0.25) is 0 Å². The predicted octanol–water partition coefficient (Wildman–Crippen LogP) is 1.99. The van der Waals surface area contributed by atoms with E-state index in [1.165, 1.54) is 5.56 Å². The third-order valence-electron chi connectivity index (χ3n) is 3.05. The highest BCUT2D eigenvalue weighted by molar-refractivity contribution is 7.99. The quantitative estimate of drug-likeness (QED) is 0.770. The van der Waals surface area contributed by atoms with Gasteiger partial charge in [0.05, 0.1) is 19.6 Å². The van der Waals surface area contributed by atoms with Crippen LogP contribution in [0.25, 0.3) is 0 Å². The Labute approximate surface area is 124 Å². The van der Waals surface area contributed by atoms with E-state index < -0.39 is 0 Å². The molecule has 0 saturated carbocycles. The molecule has 0 heterocycles. The van der Waals surface area contributed by atoms with Crippen molar-refractivity contribution in [2.75, 3.05) is 19.5 Å². The molecule has 2 atom stereocenters. The first-order valence-electron chi connectivity index (χ1n) is 6.69. The van der Waals surface area contributed by atoms with Crippen molar-refractivity contribution in [3.05, 3.63) is 29.8 Å². The second-order valence-corrected chi connectivity index (χ2v) is 5.80. The number of carbonyl (C=O) groups excluding carboxylic acids is 1. The molecule has 2 unspecified atom stereocenters. The molecule has 1 amide bonds. The SMILES string of the molecule is CSC(CO)C(C)NC(=O)CCOc1ccc(C)cc1. The summed E-state index contributed by atoms with van der Waals surface area (Å²) in [6.07, 6.45) is 2.23. The van der Waals surface area contributed by atoms with Gasteiger partial charge in [0, 0.05) is 11.3 Å². The fourth-order valence-electron chi connectivity index (χ4n) is 1.75. The molecule has 0 saturated heterocycles. The van der Waals surface area contributed by atoms with Gasteiger partial charge in [-0.2, -0.15) is 11.8 Å². The monoisotopic (exact) mass is 297 g/mol. The van der Waals surface area contributed by atoms with Crippen molar-refractivity contribution >= 4 is 17.7 Å². The summed E-state index contributed by atoms with van der Waals surface area (Å²) in [5.41, 5.74) is 1.18. The van der Waals surface area contributed by atoms with Crippen molar-refractivity contribution < 1.29 is 14.6 Å². The smallest absolute Gasteiger partial charge is 0.223 e. The maximum atomic E-state index is 11.8. The summed E-state index contributed by atoms with van der Waals surface area (Å²) >= 11 is 1.55. The fourth-order valence-corrected chi connectivity index (χ4v) is 2.38. The lowest BCUT2D eigenvalue weighted by molar-refractivity contribution is -0.122. The van der Waals surface area contributed by atoms with Gasteiger partial charge in [-0.3, -0.25) is 4.79 Å². The minimum Gasteiger partial charge on any atom is -0.493 e. The average Bonchev–Trinajstić information content (AvgIpc) is 2.42. The van der Waals surface area contributed by atoms with E-state index in [0.29, 0.717) is 13.0 Å². The first-order chi connectivity index (χ1) is 9.56. The topological polar surface area (TPSA) is 58.6 Å². The summed E-state index contributed by atoms with van der Waals surface area (Å²) in [5.74, 6) is 0.714. The number of aliphatic hydroxyl groups is 1. The number of amides is 1. The van der Waals surface area contributed by atoms with Gasteiger partial charge in [0.15, 0.2) is 0 Å². The first kappa shape index (κ1) is 16.9. The van der Waals surface area contributed by atoms with Crippen LogP contribution >= 0.6 is 11.8 Å². The molecule has 1 aromatic rings. The fraction of sp³-hybridized carbons (Fsp3) is 0.533. The number of ether oxygens (including phenoxy) is 1. The molecule has 20 heavy (non-hydrogen) atoms. The number of hydrogen-bond acceptors (Lipinski definition) is 4. The van der Waals surface area contributed by atoms with Crippen LogP contribution in [-0.4, -0.2) is 41.8 Å². The molecule has 0 fully saturated rings. The standard InChI is InChI=1S/C15H23NO3S/c1-11-4-6-13(7-5-11)19-9-8-15(18)16-12(2)14(10-17)20-3/h4-7,12,14,17H,8-10H2,1-3H3,(H,16,18). The zero-order chi connectivity index (χ0) is 15.0. The van der Waals surface area contributed by atoms with Gasteiger partial charge < -0.3 is 15.2 Å². The summed E-state index contributed by atoms with van der Waals surface area (Å²) in [7, 11) is 0. The first-order valence-corrected chi connectivity index (χ1v) is 7.98. The van der Waals surface area contributed by atoms with Crippen LogP contribution in [0.3, 0.4) is 0 Å². The molecule has 112 valence electrons. The Kier molecular flexibility index (Phi) is 7.47. The van der Waals surface area contributed by atoms with E-state index in [-0.39, 0.29) is 23.8 Å². The van der Waals surface area contributed by atoms with Crippen molar-refractivity contribution in [3.8, 4) is 5.75 Å². The lowest BCUT2D eigenvalue weighted by Gasteiger charge is -2.21. The molecule has 0 aliphatic heterocycles. The summed E-state index contributed by atoms with van der Waals surface area (Å²) < 4.78 is 5.51. The van der Waals surface area contributed by atoms with Gasteiger partial charge in [-0.25, -0.2) is 0 Å². The molecule has 0 radical (unpaired) electrons. The highest BCUT2D eigenvalue weighted by atomic mass is 32.2. The van der Waals surface area contributed by atoms with E-state index in [4.69, 9.17) is 9.84 Å². The van der Waals surface area contributed by atoms with E-state index in [0.717, 1.165) is 5.75 Å². The van der Waals surface area contributed by atoms with Crippen molar-refractivity contribution in [1.82, 2.24) is 5.32 Å². The molecular formula is C15H23NO3S. The van der Waals surface area contributed by atoms with E-state index >= 15 is 0 Å². The maximum Gasteiger partial charge on any atom is 0.223 e. The second kappa shape index (κ2) is 8.87. The van der Waals surface area contributed by atoms with Crippen molar-refractivity contribution in [1.29, 1.82) is 0 Å².